The first kappa shape index (κ1) is 29.9. The first-order valence-corrected chi connectivity index (χ1v) is 12.1. The summed E-state index contributed by atoms with van der Waals surface area (Å²) < 4.78 is 16.0. The van der Waals surface area contributed by atoms with Gasteiger partial charge in [0.15, 0.2) is 0 Å². The minimum atomic E-state index is -0.344. The Bertz CT molecular complexity index is 1180. The van der Waals surface area contributed by atoms with Crippen LogP contribution in [0.1, 0.15) is 34.0 Å². The van der Waals surface area contributed by atoms with Gasteiger partial charge in [0.25, 0.3) is 5.91 Å². The van der Waals surface area contributed by atoms with E-state index in [0.29, 0.717) is 29.4 Å². The SMILES string of the molecule is Cc1c(Cl)cccc1N1CCN(CCCNC(=O)c2nc(C)n(-c3ccccc3F)c2C)CC1.Cl.Cl. The van der Waals surface area contributed by atoms with E-state index in [0.717, 1.165) is 49.7 Å². The molecule has 10 heteroatoms. The highest BCUT2D eigenvalue weighted by molar-refractivity contribution is 6.31. The molecule has 4 rings (SSSR count). The second-order valence-electron chi connectivity index (χ2n) is 8.70. The number of rotatable bonds is 7. The number of carbonyl (C=O) groups is 1. The zero-order valence-electron chi connectivity index (χ0n) is 20.8. The number of imidazole rings is 1. The fourth-order valence-corrected chi connectivity index (χ4v) is 4.75. The Morgan fingerprint density at radius 1 is 1.00 bits per heavy atom. The molecule has 0 spiro atoms. The maximum Gasteiger partial charge on any atom is 0.271 e. The van der Waals surface area contributed by atoms with Gasteiger partial charge < -0.3 is 10.2 Å². The molecule has 36 heavy (non-hydrogen) atoms. The number of hydrogen-bond donors (Lipinski definition) is 1. The molecule has 1 aromatic heterocycles. The summed E-state index contributed by atoms with van der Waals surface area (Å²) >= 11 is 6.28. The van der Waals surface area contributed by atoms with Gasteiger partial charge in [-0.2, -0.15) is 0 Å². The number of piperazine rings is 1. The molecule has 1 N–H and O–H groups in total. The molecule has 0 saturated carbocycles. The molecule has 0 atom stereocenters. The summed E-state index contributed by atoms with van der Waals surface area (Å²) in [6.45, 7) is 11.0. The third kappa shape index (κ3) is 6.51. The van der Waals surface area contributed by atoms with Crippen molar-refractivity contribution < 1.29 is 9.18 Å². The van der Waals surface area contributed by atoms with Crippen molar-refractivity contribution in [2.24, 2.45) is 0 Å². The van der Waals surface area contributed by atoms with Crippen molar-refractivity contribution in [1.82, 2.24) is 19.8 Å². The van der Waals surface area contributed by atoms with Gasteiger partial charge in [-0.05, 0) is 63.6 Å². The number of carbonyl (C=O) groups excluding carboxylic acids is 1. The van der Waals surface area contributed by atoms with E-state index in [-0.39, 0.29) is 36.5 Å². The first-order chi connectivity index (χ1) is 16.4. The fraction of sp³-hybridized carbons (Fsp3) is 0.385. The predicted molar refractivity (Wildman–Crippen MR) is 149 cm³/mol. The molecule has 1 amide bonds. The summed E-state index contributed by atoms with van der Waals surface area (Å²) in [7, 11) is 0. The molecule has 0 aliphatic carbocycles. The monoisotopic (exact) mass is 555 g/mol. The van der Waals surface area contributed by atoms with Crippen LogP contribution < -0.4 is 10.2 Å². The molecule has 6 nitrogen and oxygen atoms in total. The van der Waals surface area contributed by atoms with Crippen LogP contribution in [0, 0.1) is 26.6 Å². The van der Waals surface area contributed by atoms with Gasteiger partial charge in [-0.1, -0.05) is 29.8 Å². The molecule has 0 bridgehead atoms. The minimum absolute atomic E-state index is 0. The summed E-state index contributed by atoms with van der Waals surface area (Å²) in [6.07, 6.45) is 0.855. The number of benzene rings is 2. The number of halogens is 4. The third-order valence-corrected chi connectivity index (χ3v) is 6.88. The second kappa shape index (κ2) is 13.3. The largest absolute Gasteiger partial charge is 0.369 e. The second-order valence-corrected chi connectivity index (χ2v) is 9.11. The lowest BCUT2D eigenvalue weighted by molar-refractivity contribution is 0.0946. The van der Waals surface area contributed by atoms with Crippen LogP contribution in [0.25, 0.3) is 5.69 Å². The van der Waals surface area contributed by atoms with Crippen LogP contribution in [-0.2, 0) is 0 Å². The molecule has 3 aromatic rings. The zero-order valence-corrected chi connectivity index (χ0v) is 23.1. The lowest BCUT2D eigenvalue weighted by Gasteiger charge is -2.37. The number of aromatic nitrogens is 2. The van der Waals surface area contributed by atoms with Crippen molar-refractivity contribution in [3.8, 4) is 5.69 Å². The molecule has 196 valence electrons. The topological polar surface area (TPSA) is 53.4 Å². The molecule has 0 radical (unpaired) electrons. The Balaban J connectivity index is 0.00000228. The van der Waals surface area contributed by atoms with E-state index in [1.54, 1.807) is 36.6 Å². The molecule has 1 aliphatic heterocycles. The van der Waals surface area contributed by atoms with Crippen molar-refractivity contribution in [1.29, 1.82) is 0 Å². The Kier molecular flexibility index (Phi) is 11.0. The average Bonchev–Trinajstić information content (AvgIpc) is 3.13. The maximum absolute atomic E-state index is 14.3. The average molecular weight is 557 g/mol. The van der Waals surface area contributed by atoms with Gasteiger partial charge in [-0.15, -0.1) is 24.8 Å². The van der Waals surface area contributed by atoms with E-state index in [1.807, 2.05) is 12.1 Å². The fourth-order valence-electron chi connectivity index (χ4n) is 4.58. The number of para-hydroxylation sites is 1. The lowest BCUT2D eigenvalue weighted by Crippen LogP contribution is -2.47. The Morgan fingerprint density at radius 2 is 1.67 bits per heavy atom. The smallest absolute Gasteiger partial charge is 0.271 e. The van der Waals surface area contributed by atoms with Crippen molar-refractivity contribution >= 4 is 48.0 Å². The van der Waals surface area contributed by atoms with Crippen molar-refractivity contribution in [2.75, 3.05) is 44.2 Å². The Morgan fingerprint density at radius 3 is 2.36 bits per heavy atom. The van der Waals surface area contributed by atoms with Crippen LogP contribution in [0.3, 0.4) is 0 Å². The summed E-state index contributed by atoms with van der Waals surface area (Å²) in [5.41, 5.74) is 3.71. The van der Waals surface area contributed by atoms with Crippen molar-refractivity contribution in [2.45, 2.75) is 27.2 Å². The molecule has 1 saturated heterocycles. The van der Waals surface area contributed by atoms with Gasteiger partial charge in [0, 0.05) is 43.4 Å². The van der Waals surface area contributed by atoms with E-state index in [1.165, 1.54) is 11.8 Å². The zero-order chi connectivity index (χ0) is 24.2. The molecule has 1 fully saturated rings. The van der Waals surface area contributed by atoms with Gasteiger partial charge in [-0.3, -0.25) is 14.3 Å². The summed E-state index contributed by atoms with van der Waals surface area (Å²) in [6, 6.07) is 12.6. The van der Waals surface area contributed by atoms with Crippen LogP contribution in [-0.4, -0.2) is 59.6 Å². The normalized spacial score (nSPS) is 13.6. The lowest BCUT2D eigenvalue weighted by atomic mass is 10.1. The number of hydrogen-bond acceptors (Lipinski definition) is 4. The molecule has 2 aromatic carbocycles. The van der Waals surface area contributed by atoms with E-state index in [2.05, 4.69) is 33.1 Å². The molecule has 0 unspecified atom stereocenters. The summed E-state index contributed by atoms with van der Waals surface area (Å²) in [5, 5.41) is 3.78. The standard InChI is InChI=1S/C26H31ClFN5O.2ClH/c1-18-21(27)8-6-11-23(18)32-16-14-31(15-17-32)13-7-12-29-26(34)25-19(2)33(20(3)30-25)24-10-5-4-9-22(24)28;;/h4-6,8-11H,7,12-17H2,1-3H3,(H,29,34);2*1H. The van der Waals surface area contributed by atoms with E-state index >= 15 is 0 Å². The van der Waals surface area contributed by atoms with E-state index < -0.39 is 0 Å². The number of aryl methyl sites for hydroxylation is 1. The molecular formula is C26H33Cl3FN5O. The van der Waals surface area contributed by atoms with Gasteiger partial charge in [0.05, 0.1) is 11.4 Å². The van der Waals surface area contributed by atoms with Gasteiger partial charge in [0.2, 0.25) is 0 Å². The van der Waals surface area contributed by atoms with Gasteiger partial charge in [0.1, 0.15) is 17.3 Å². The third-order valence-electron chi connectivity index (χ3n) is 6.47. The van der Waals surface area contributed by atoms with Crippen molar-refractivity contribution in [3.63, 3.8) is 0 Å². The van der Waals surface area contributed by atoms with E-state index in [9.17, 15) is 9.18 Å². The van der Waals surface area contributed by atoms with Crippen LogP contribution in [0.5, 0.6) is 0 Å². The molecular weight excluding hydrogens is 524 g/mol. The highest BCUT2D eigenvalue weighted by Crippen LogP contribution is 2.27. The number of nitrogens with zero attached hydrogens (tertiary/aromatic N) is 4. The van der Waals surface area contributed by atoms with Crippen LogP contribution in [0.15, 0.2) is 42.5 Å². The van der Waals surface area contributed by atoms with Gasteiger partial charge in [-0.25, -0.2) is 9.37 Å². The van der Waals surface area contributed by atoms with Crippen LogP contribution in [0.4, 0.5) is 10.1 Å². The maximum atomic E-state index is 14.3. The predicted octanol–water partition coefficient (Wildman–Crippen LogP) is 5.38. The summed E-state index contributed by atoms with van der Waals surface area (Å²) in [4.78, 5) is 22.0. The Labute approximate surface area is 229 Å². The minimum Gasteiger partial charge on any atom is -0.369 e. The Hall–Kier alpha value is -2.32. The van der Waals surface area contributed by atoms with E-state index in [4.69, 9.17) is 11.6 Å². The first-order valence-electron chi connectivity index (χ1n) is 11.7. The molecule has 1 aliphatic rings. The number of nitrogens with one attached hydrogen (secondary N) is 1. The molecule has 2 heterocycles. The van der Waals surface area contributed by atoms with Crippen LogP contribution in [0.2, 0.25) is 5.02 Å². The van der Waals surface area contributed by atoms with Gasteiger partial charge >= 0.3 is 0 Å². The van der Waals surface area contributed by atoms with Crippen molar-refractivity contribution in [3.05, 3.63) is 76.1 Å². The highest BCUT2D eigenvalue weighted by atomic mass is 35.5. The quantitative estimate of drug-likeness (QED) is 0.397. The highest BCUT2D eigenvalue weighted by Gasteiger charge is 2.21. The summed E-state index contributed by atoms with van der Waals surface area (Å²) in [5.74, 6) is 0.0150. The number of amides is 1. The van der Waals surface area contributed by atoms with Crippen LogP contribution >= 0.6 is 36.4 Å². The number of anilines is 1.